The minimum absolute atomic E-state index is 0.0257. The summed E-state index contributed by atoms with van der Waals surface area (Å²) in [4.78, 5) is 16.8. The van der Waals surface area contributed by atoms with Crippen molar-refractivity contribution in [1.82, 2.24) is 4.90 Å². The van der Waals surface area contributed by atoms with Crippen molar-refractivity contribution in [3.05, 3.63) is 65.7 Å². The van der Waals surface area contributed by atoms with E-state index in [1.165, 1.54) is 41.7 Å². The van der Waals surface area contributed by atoms with E-state index in [9.17, 15) is 4.79 Å². The third-order valence-electron chi connectivity index (χ3n) is 6.24. The molecule has 2 aromatic rings. The van der Waals surface area contributed by atoms with Crippen molar-refractivity contribution < 1.29 is 4.79 Å². The summed E-state index contributed by atoms with van der Waals surface area (Å²) in [5, 5.41) is 0. The van der Waals surface area contributed by atoms with Gasteiger partial charge in [-0.05, 0) is 55.2 Å². The van der Waals surface area contributed by atoms with E-state index in [0.29, 0.717) is 5.92 Å². The molecule has 2 atom stereocenters. The number of carbonyl (C=O) groups excluding carboxylic acids is 1. The maximum absolute atomic E-state index is 13.5. The Labute approximate surface area is 174 Å². The van der Waals surface area contributed by atoms with Crippen molar-refractivity contribution in [2.75, 3.05) is 13.3 Å². The van der Waals surface area contributed by atoms with Gasteiger partial charge < -0.3 is 4.90 Å². The molecule has 2 nitrogen and oxygen atoms in total. The van der Waals surface area contributed by atoms with Gasteiger partial charge in [0.05, 0.1) is 5.92 Å². The van der Waals surface area contributed by atoms with Gasteiger partial charge in [-0.15, -0.1) is 11.8 Å². The van der Waals surface area contributed by atoms with Gasteiger partial charge in [0.1, 0.15) is 0 Å². The van der Waals surface area contributed by atoms with Gasteiger partial charge in [-0.25, -0.2) is 0 Å². The van der Waals surface area contributed by atoms with Crippen LogP contribution in [0.15, 0.2) is 59.5 Å². The fourth-order valence-electron chi connectivity index (χ4n) is 4.35. The molecule has 0 heterocycles. The lowest BCUT2D eigenvalue weighted by Crippen LogP contribution is -2.40. The van der Waals surface area contributed by atoms with Crippen molar-refractivity contribution in [3.63, 3.8) is 0 Å². The summed E-state index contributed by atoms with van der Waals surface area (Å²) >= 11 is 1.75. The second-order valence-corrected chi connectivity index (χ2v) is 9.08. The number of benzene rings is 2. The quantitative estimate of drug-likeness (QED) is 0.499. The summed E-state index contributed by atoms with van der Waals surface area (Å²) < 4.78 is 0. The van der Waals surface area contributed by atoms with E-state index in [1.807, 2.05) is 18.0 Å². The average molecular weight is 396 g/mol. The molecule has 3 heteroatoms. The average Bonchev–Trinajstić information content (AvgIpc) is 3.25. The van der Waals surface area contributed by atoms with Crippen LogP contribution in [0.2, 0.25) is 0 Å². The fourth-order valence-corrected chi connectivity index (χ4v) is 4.76. The summed E-state index contributed by atoms with van der Waals surface area (Å²) in [5.41, 5.74) is 2.46. The molecule has 1 saturated carbocycles. The highest BCUT2D eigenvalue weighted by atomic mass is 32.2. The summed E-state index contributed by atoms with van der Waals surface area (Å²) in [7, 11) is 1.98. The van der Waals surface area contributed by atoms with Crippen LogP contribution in [0.1, 0.15) is 56.1 Å². The zero-order valence-corrected chi connectivity index (χ0v) is 18.3. The highest BCUT2D eigenvalue weighted by molar-refractivity contribution is 7.98. The smallest absolute Gasteiger partial charge is 0.230 e. The van der Waals surface area contributed by atoms with Gasteiger partial charge in [0, 0.05) is 18.0 Å². The van der Waals surface area contributed by atoms with E-state index in [-0.39, 0.29) is 17.9 Å². The molecule has 0 bridgehead atoms. The summed E-state index contributed by atoms with van der Waals surface area (Å²) in [6.07, 6.45) is 9.15. The molecule has 0 N–H and O–H groups in total. The molecule has 0 aliphatic heterocycles. The van der Waals surface area contributed by atoms with Crippen molar-refractivity contribution in [3.8, 4) is 0 Å². The topological polar surface area (TPSA) is 20.3 Å². The predicted octanol–water partition coefficient (Wildman–Crippen LogP) is 6.16. The lowest BCUT2D eigenvalue weighted by molar-refractivity contribution is -0.133. The van der Waals surface area contributed by atoms with E-state index >= 15 is 0 Å². The molecule has 0 radical (unpaired) electrons. The van der Waals surface area contributed by atoms with Crippen molar-refractivity contribution in [1.29, 1.82) is 0 Å². The Morgan fingerprint density at radius 1 is 1.07 bits per heavy atom. The molecule has 28 heavy (non-hydrogen) atoms. The standard InChI is InChI=1S/C25H33NOS/c1-19(17-20-9-5-4-6-10-20)26(2)25(27)24(18-21-11-7-8-12-21)22-13-15-23(28-3)16-14-22/h4-6,9-10,13-16,19,21,24H,7-8,11-12,17-18H2,1-3H3/t19-,24-/m1/s1. The third-order valence-corrected chi connectivity index (χ3v) is 6.99. The van der Waals surface area contributed by atoms with Gasteiger partial charge in [0.15, 0.2) is 0 Å². The van der Waals surface area contributed by atoms with Gasteiger partial charge in [-0.1, -0.05) is 68.1 Å². The SMILES string of the molecule is CSc1ccc([C@@H](CC2CCCC2)C(=O)N(C)[C@H](C)Cc2ccccc2)cc1. The Hall–Kier alpha value is -1.74. The predicted molar refractivity (Wildman–Crippen MR) is 120 cm³/mol. The summed E-state index contributed by atoms with van der Waals surface area (Å²) in [5.74, 6) is 0.932. The second kappa shape index (κ2) is 10.2. The van der Waals surface area contributed by atoms with Crippen LogP contribution in [0, 0.1) is 5.92 Å². The van der Waals surface area contributed by atoms with E-state index < -0.39 is 0 Å². The summed E-state index contributed by atoms with van der Waals surface area (Å²) in [6.45, 7) is 2.16. The molecular formula is C25H33NOS. The van der Waals surface area contributed by atoms with E-state index in [1.54, 1.807) is 11.8 Å². The number of rotatable bonds is 8. The maximum Gasteiger partial charge on any atom is 0.230 e. The van der Waals surface area contributed by atoms with Gasteiger partial charge in [0.2, 0.25) is 5.91 Å². The lowest BCUT2D eigenvalue weighted by Gasteiger charge is -2.30. The number of hydrogen-bond donors (Lipinski definition) is 0. The Morgan fingerprint density at radius 3 is 2.32 bits per heavy atom. The highest BCUT2D eigenvalue weighted by Gasteiger charge is 2.30. The van der Waals surface area contributed by atoms with Gasteiger partial charge in [-0.2, -0.15) is 0 Å². The molecular weight excluding hydrogens is 362 g/mol. The van der Waals surface area contributed by atoms with Crippen LogP contribution in [-0.4, -0.2) is 30.2 Å². The zero-order valence-electron chi connectivity index (χ0n) is 17.4. The Morgan fingerprint density at radius 2 is 1.71 bits per heavy atom. The Balaban J connectivity index is 1.75. The van der Waals surface area contributed by atoms with Crippen LogP contribution in [0.5, 0.6) is 0 Å². The molecule has 3 rings (SSSR count). The molecule has 1 amide bonds. The van der Waals surface area contributed by atoms with Crippen LogP contribution < -0.4 is 0 Å². The molecule has 1 aliphatic rings. The molecule has 0 spiro atoms. The van der Waals surface area contributed by atoms with Crippen molar-refractivity contribution >= 4 is 17.7 Å². The Kier molecular flexibility index (Phi) is 7.61. The fraction of sp³-hybridized carbons (Fsp3) is 0.480. The highest BCUT2D eigenvalue weighted by Crippen LogP contribution is 2.36. The second-order valence-electron chi connectivity index (χ2n) is 8.20. The molecule has 0 aromatic heterocycles. The van der Waals surface area contributed by atoms with E-state index in [0.717, 1.165) is 12.8 Å². The largest absolute Gasteiger partial charge is 0.342 e. The van der Waals surface area contributed by atoms with Crippen molar-refractivity contribution in [2.24, 2.45) is 5.92 Å². The molecule has 1 aliphatic carbocycles. The molecule has 2 aromatic carbocycles. The molecule has 0 saturated heterocycles. The van der Waals surface area contributed by atoms with Gasteiger partial charge in [-0.3, -0.25) is 4.79 Å². The lowest BCUT2D eigenvalue weighted by atomic mass is 9.86. The number of likely N-dealkylation sites (N-methyl/N-ethyl adjacent to an activating group) is 1. The molecule has 1 fully saturated rings. The minimum Gasteiger partial charge on any atom is -0.342 e. The Bertz CT molecular complexity index is 737. The van der Waals surface area contributed by atoms with Crippen LogP contribution in [0.4, 0.5) is 0 Å². The van der Waals surface area contributed by atoms with Crippen LogP contribution in [0.3, 0.4) is 0 Å². The zero-order chi connectivity index (χ0) is 19.9. The first-order chi connectivity index (χ1) is 13.6. The van der Waals surface area contributed by atoms with E-state index in [2.05, 4.69) is 61.7 Å². The minimum atomic E-state index is -0.0257. The first-order valence-corrected chi connectivity index (χ1v) is 11.8. The van der Waals surface area contributed by atoms with E-state index in [4.69, 9.17) is 0 Å². The molecule has 150 valence electrons. The first kappa shape index (κ1) is 21.0. The number of amides is 1. The summed E-state index contributed by atoms with van der Waals surface area (Å²) in [6, 6.07) is 19.3. The van der Waals surface area contributed by atoms with Crippen molar-refractivity contribution in [2.45, 2.75) is 62.3 Å². The third kappa shape index (κ3) is 5.41. The van der Waals surface area contributed by atoms with Crippen LogP contribution in [-0.2, 0) is 11.2 Å². The van der Waals surface area contributed by atoms with Gasteiger partial charge >= 0.3 is 0 Å². The monoisotopic (exact) mass is 395 g/mol. The van der Waals surface area contributed by atoms with Gasteiger partial charge in [0.25, 0.3) is 0 Å². The van der Waals surface area contributed by atoms with Crippen LogP contribution in [0.25, 0.3) is 0 Å². The first-order valence-electron chi connectivity index (χ1n) is 10.5. The maximum atomic E-state index is 13.5. The molecule has 0 unspecified atom stereocenters. The normalized spacial score (nSPS) is 16.7. The van der Waals surface area contributed by atoms with Crippen LogP contribution >= 0.6 is 11.8 Å². The number of nitrogens with zero attached hydrogens (tertiary/aromatic N) is 1. The number of thioether (sulfide) groups is 1. The number of carbonyl (C=O) groups is 1. The number of hydrogen-bond acceptors (Lipinski definition) is 2.